The highest BCUT2D eigenvalue weighted by Gasteiger charge is 2.31. The number of amides is 2. The first-order valence-electron chi connectivity index (χ1n) is 8.93. The third kappa shape index (κ3) is 4.47. The number of hydrogen-bond acceptors (Lipinski definition) is 5. The van der Waals surface area contributed by atoms with Crippen molar-refractivity contribution >= 4 is 11.8 Å². The normalized spacial score (nSPS) is 16.9. The summed E-state index contributed by atoms with van der Waals surface area (Å²) in [4.78, 5) is 32.3. The third-order valence-corrected chi connectivity index (χ3v) is 4.62. The minimum absolute atomic E-state index is 0.0470. The molecule has 1 atom stereocenters. The average Bonchev–Trinajstić information content (AvgIpc) is 3.19. The van der Waals surface area contributed by atoms with Gasteiger partial charge in [0.1, 0.15) is 0 Å². The maximum atomic E-state index is 12.6. The summed E-state index contributed by atoms with van der Waals surface area (Å²) in [6, 6.07) is 10.1. The molecule has 1 aromatic carbocycles. The van der Waals surface area contributed by atoms with E-state index in [1.165, 1.54) is 5.56 Å². The fraction of sp³-hybridized carbons (Fsp3) is 0.474. The first-order valence-corrected chi connectivity index (χ1v) is 8.93. The van der Waals surface area contributed by atoms with Crippen LogP contribution in [0.25, 0.3) is 0 Å². The van der Waals surface area contributed by atoms with Gasteiger partial charge in [0.2, 0.25) is 17.7 Å². The van der Waals surface area contributed by atoms with Gasteiger partial charge in [0.15, 0.2) is 5.82 Å². The largest absolute Gasteiger partial charge is 0.340 e. The summed E-state index contributed by atoms with van der Waals surface area (Å²) in [6.07, 6.45) is 1.36. The summed E-state index contributed by atoms with van der Waals surface area (Å²) in [5.74, 6) is 1.16. The molecular weight excluding hydrogens is 332 g/mol. The summed E-state index contributed by atoms with van der Waals surface area (Å²) in [5, 5.41) is 3.83. The van der Waals surface area contributed by atoms with Gasteiger partial charge in [0.25, 0.3) is 0 Å². The van der Waals surface area contributed by atoms with Crippen LogP contribution in [0.1, 0.15) is 30.6 Å². The van der Waals surface area contributed by atoms with E-state index in [2.05, 4.69) is 22.3 Å². The first-order chi connectivity index (χ1) is 12.5. The van der Waals surface area contributed by atoms with E-state index in [-0.39, 0.29) is 24.3 Å². The van der Waals surface area contributed by atoms with Crippen LogP contribution in [0.3, 0.4) is 0 Å². The van der Waals surface area contributed by atoms with Gasteiger partial charge in [0, 0.05) is 26.4 Å². The first kappa shape index (κ1) is 18.1. The summed E-state index contributed by atoms with van der Waals surface area (Å²) < 4.78 is 4.95. The third-order valence-electron chi connectivity index (χ3n) is 4.62. The van der Waals surface area contributed by atoms with Gasteiger partial charge in [-0.3, -0.25) is 9.59 Å². The van der Waals surface area contributed by atoms with Crippen LogP contribution in [0.4, 0.5) is 0 Å². The van der Waals surface area contributed by atoms with E-state index in [1.54, 1.807) is 16.7 Å². The molecular formula is C19H24N4O3. The van der Waals surface area contributed by atoms with Crippen LogP contribution in [0.2, 0.25) is 0 Å². The predicted molar refractivity (Wildman–Crippen MR) is 95.0 cm³/mol. The average molecular weight is 356 g/mol. The van der Waals surface area contributed by atoms with Gasteiger partial charge in [0.05, 0.1) is 13.1 Å². The molecule has 3 rings (SSSR count). The molecule has 0 bridgehead atoms. The monoisotopic (exact) mass is 356 g/mol. The second kappa shape index (κ2) is 8.12. The molecule has 0 spiro atoms. The minimum Gasteiger partial charge on any atom is -0.340 e. The summed E-state index contributed by atoms with van der Waals surface area (Å²) in [6.45, 7) is 5.16. The molecule has 1 aromatic heterocycles. The Morgan fingerprint density at radius 3 is 2.77 bits per heavy atom. The zero-order valence-electron chi connectivity index (χ0n) is 15.2. The molecule has 2 aromatic rings. The van der Waals surface area contributed by atoms with Gasteiger partial charge in [-0.15, -0.1) is 0 Å². The number of aryl methyl sites for hydroxylation is 1. The highest BCUT2D eigenvalue weighted by Crippen LogP contribution is 2.22. The zero-order valence-corrected chi connectivity index (χ0v) is 15.2. The molecule has 26 heavy (non-hydrogen) atoms. The number of carbonyl (C=O) groups excluding carboxylic acids is 2. The SMILES string of the molecule is CCN(Cc1noc(C)n1)C(=O)CN1C[C@H](Cc2ccccc2)CC1=O. The molecule has 1 aliphatic rings. The molecule has 7 nitrogen and oxygen atoms in total. The van der Waals surface area contributed by atoms with Crippen LogP contribution >= 0.6 is 0 Å². The smallest absolute Gasteiger partial charge is 0.242 e. The van der Waals surface area contributed by atoms with Crippen molar-refractivity contribution in [2.45, 2.75) is 33.2 Å². The Kier molecular flexibility index (Phi) is 5.65. The van der Waals surface area contributed by atoms with Crippen LogP contribution in [0, 0.1) is 12.8 Å². The number of hydrogen-bond donors (Lipinski definition) is 0. The summed E-state index contributed by atoms with van der Waals surface area (Å²) in [7, 11) is 0. The Morgan fingerprint density at radius 2 is 2.12 bits per heavy atom. The van der Waals surface area contributed by atoms with E-state index in [1.807, 2.05) is 25.1 Å². The lowest BCUT2D eigenvalue weighted by molar-refractivity contribution is -0.138. The maximum absolute atomic E-state index is 12.6. The number of carbonyl (C=O) groups is 2. The van der Waals surface area contributed by atoms with Crippen LogP contribution in [0.15, 0.2) is 34.9 Å². The van der Waals surface area contributed by atoms with E-state index in [0.717, 1.165) is 6.42 Å². The molecule has 1 fully saturated rings. The number of aromatic nitrogens is 2. The van der Waals surface area contributed by atoms with Crippen LogP contribution in [0.5, 0.6) is 0 Å². The maximum Gasteiger partial charge on any atom is 0.242 e. The molecule has 0 saturated carbocycles. The van der Waals surface area contributed by atoms with Crippen molar-refractivity contribution in [3.63, 3.8) is 0 Å². The van der Waals surface area contributed by atoms with Crippen molar-refractivity contribution in [1.82, 2.24) is 19.9 Å². The lowest BCUT2D eigenvalue weighted by Gasteiger charge is -2.23. The van der Waals surface area contributed by atoms with Gasteiger partial charge in [-0.25, -0.2) is 0 Å². The number of nitrogens with zero attached hydrogens (tertiary/aromatic N) is 4. The lowest BCUT2D eigenvalue weighted by Crippen LogP contribution is -2.40. The highest BCUT2D eigenvalue weighted by atomic mass is 16.5. The Labute approximate surface area is 153 Å². The van der Waals surface area contributed by atoms with Gasteiger partial charge >= 0.3 is 0 Å². The van der Waals surface area contributed by atoms with Crippen molar-refractivity contribution in [2.75, 3.05) is 19.6 Å². The Morgan fingerprint density at radius 1 is 1.35 bits per heavy atom. The van der Waals surface area contributed by atoms with E-state index in [4.69, 9.17) is 4.52 Å². The van der Waals surface area contributed by atoms with Gasteiger partial charge in [-0.2, -0.15) is 4.98 Å². The van der Waals surface area contributed by atoms with Crippen LogP contribution < -0.4 is 0 Å². The van der Waals surface area contributed by atoms with E-state index in [0.29, 0.717) is 37.8 Å². The van der Waals surface area contributed by atoms with Crippen LogP contribution in [-0.2, 0) is 22.6 Å². The van der Waals surface area contributed by atoms with E-state index >= 15 is 0 Å². The molecule has 0 unspecified atom stereocenters. The van der Waals surface area contributed by atoms with Crippen molar-refractivity contribution in [3.8, 4) is 0 Å². The van der Waals surface area contributed by atoms with Gasteiger partial charge in [-0.1, -0.05) is 35.5 Å². The van der Waals surface area contributed by atoms with E-state index < -0.39 is 0 Å². The number of likely N-dealkylation sites (tertiary alicyclic amines) is 1. The Balaban J connectivity index is 1.55. The number of likely N-dealkylation sites (N-methyl/N-ethyl adjacent to an activating group) is 1. The van der Waals surface area contributed by atoms with Gasteiger partial charge in [-0.05, 0) is 24.8 Å². The van der Waals surface area contributed by atoms with Crippen molar-refractivity contribution in [2.24, 2.45) is 5.92 Å². The summed E-state index contributed by atoms with van der Waals surface area (Å²) in [5.41, 5.74) is 1.22. The fourth-order valence-corrected chi connectivity index (χ4v) is 3.31. The molecule has 2 heterocycles. The highest BCUT2D eigenvalue weighted by molar-refractivity contribution is 5.86. The van der Waals surface area contributed by atoms with Crippen LogP contribution in [-0.4, -0.2) is 51.4 Å². The van der Waals surface area contributed by atoms with E-state index in [9.17, 15) is 9.59 Å². The number of rotatable bonds is 7. The summed E-state index contributed by atoms with van der Waals surface area (Å²) >= 11 is 0. The predicted octanol–water partition coefficient (Wildman–Crippen LogP) is 1.82. The topological polar surface area (TPSA) is 79.5 Å². The molecule has 1 saturated heterocycles. The van der Waals surface area contributed by atoms with Crippen molar-refractivity contribution < 1.29 is 14.1 Å². The van der Waals surface area contributed by atoms with Crippen molar-refractivity contribution in [3.05, 3.63) is 47.6 Å². The molecule has 0 radical (unpaired) electrons. The molecule has 2 amide bonds. The Hall–Kier alpha value is -2.70. The van der Waals surface area contributed by atoms with Gasteiger partial charge < -0.3 is 14.3 Å². The second-order valence-electron chi connectivity index (χ2n) is 6.67. The molecule has 7 heteroatoms. The molecule has 138 valence electrons. The van der Waals surface area contributed by atoms with Crippen molar-refractivity contribution in [1.29, 1.82) is 0 Å². The number of benzene rings is 1. The fourth-order valence-electron chi connectivity index (χ4n) is 3.31. The standard InChI is InChI=1S/C19H24N4O3/c1-3-22(12-17-20-14(2)26-21-17)19(25)13-23-11-16(10-18(23)24)9-15-7-5-4-6-8-15/h4-8,16H,3,9-13H2,1-2H3/t16-/m1/s1. The second-order valence-corrected chi connectivity index (χ2v) is 6.67. The molecule has 1 aliphatic heterocycles. The zero-order chi connectivity index (χ0) is 18.5. The molecule has 0 aliphatic carbocycles. The quantitative estimate of drug-likeness (QED) is 0.756. The lowest BCUT2D eigenvalue weighted by atomic mass is 9.99. The Bertz CT molecular complexity index is 759. The minimum atomic E-state index is -0.0938. The molecule has 0 N–H and O–H groups in total.